The van der Waals surface area contributed by atoms with E-state index >= 15 is 0 Å². The van der Waals surface area contributed by atoms with Crippen LogP contribution in [0.3, 0.4) is 0 Å². The molecule has 0 saturated carbocycles. The smallest absolute Gasteiger partial charge is 0.222 e. The Morgan fingerprint density at radius 1 is 1.31 bits per heavy atom. The molecule has 0 aliphatic rings. The predicted octanol–water partition coefficient (Wildman–Crippen LogP) is 2.11. The van der Waals surface area contributed by atoms with Crippen molar-refractivity contribution in [2.45, 2.75) is 0 Å². The molecule has 0 spiro atoms. The first kappa shape index (κ1) is 7.86. The van der Waals surface area contributed by atoms with Crippen molar-refractivity contribution in [3.63, 3.8) is 0 Å². The van der Waals surface area contributed by atoms with E-state index in [4.69, 9.17) is 10.3 Å². The van der Waals surface area contributed by atoms with Crippen molar-refractivity contribution in [1.82, 2.24) is 5.16 Å². The number of hydrogen-bond acceptors (Lipinski definition) is 3. The third kappa shape index (κ3) is 1.54. The van der Waals surface area contributed by atoms with Crippen LogP contribution in [0.15, 0.2) is 34.9 Å². The normalized spacial score (nSPS) is 10.2. The fourth-order valence-electron chi connectivity index (χ4n) is 1.16. The minimum Gasteiger partial charge on any atom is -0.368 e. The number of aromatic nitrogens is 1. The van der Waals surface area contributed by atoms with E-state index in [1.807, 2.05) is 24.3 Å². The van der Waals surface area contributed by atoms with Crippen LogP contribution >= 0.6 is 0 Å². The lowest BCUT2D eigenvalue weighted by Gasteiger charge is -1.95. The van der Waals surface area contributed by atoms with Crippen molar-refractivity contribution in [3.05, 3.63) is 42.8 Å². The van der Waals surface area contributed by atoms with Gasteiger partial charge < -0.3 is 10.3 Å². The highest BCUT2D eigenvalue weighted by atomic mass is 16.5. The standard InChI is InChI=1S/C10H9N2O/c1-7-3-2-4-8(5-7)9-6-10(11)13-12-9/h2-6H,1,11H2. The molecule has 0 fully saturated rings. The van der Waals surface area contributed by atoms with E-state index in [2.05, 4.69) is 12.1 Å². The zero-order chi connectivity index (χ0) is 9.26. The van der Waals surface area contributed by atoms with Crippen molar-refractivity contribution in [1.29, 1.82) is 0 Å². The summed E-state index contributed by atoms with van der Waals surface area (Å²) in [6, 6.07) is 9.40. The maximum atomic E-state index is 5.41. The number of nitrogens with two attached hydrogens (primary N) is 1. The molecule has 2 rings (SSSR count). The van der Waals surface area contributed by atoms with Crippen LogP contribution in [0.1, 0.15) is 5.56 Å². The summed E-state index contributed by atoms with van der Waals surface area (Å²) in [5, 5.41) is 3.80. The molecular formula is C10H9N2O. The van der Waals surface area contributed by atoms with Gasteiger partial charge in [0.1, 0.15) is 5.69 Å². The van der Waals surface area contributed by atoms with Gasteiger partial charge in [-0.15, -0.1) is 0 Å². The summed E-state index contributed by atoms with van der Waals surface area (Å²) in [6.07, 6.45) is 0. The fraction of sp³-hybridized carbons (Fsp3) is 0. The van der Waals surface area contributed by atoms with Gasteiger partial charge in [-0.1, -0.05) is 23.4 Å². The maximum Gasteiger partial charge on any atom is 0.222 e. The van der Waals surface area contributed by atoms with E-state index in [0.29, 0.717) is 5.88 Å². The second kappa shape index (κ2) is 2.94. The summed E-state index contributed by atoms with van der Waals surface area (Å²) in [7, 11) is 0. The number of benzene rings is 1. The predicted molar refractivity (Wildman–Crippen MR) is 50.8 cm³/mol. The molecule has 0 atom stereocenters. The lowest BCUT2D eigenvalue weighted by atomic mass is 10.1. The molecule has 3 heteroatoms. The van der Waals surface area contributed by atoms with E-state index in [9.17, 15) is 0 Å². The first-order chi connectivity index (χ1) is 6.25. The van der Waals surface area contributed by atoms with Crippen LogP contribution in [0.2, 0.25) is 0 Å². The molecular weight excluding hydrogens is 164 g/mol. The Hall–Kier alpha value is -1.77. The molecule has 0 aliphatic carbocycles. The van der Waals surface area contributed by atoms with Gasteiger partial charge in [-0.3, -0.25) is 0 Å². The highest BCUT2D eigenvalue weighted by Gasteiger charge is 2.02. The Morgan fingerprint density at radius 3 is 2.77 bits per heavy atom. The van der Waals surface area contributed by atoms with Gasteiger partial charge in [0.25, 0.3) is 0 Å². The molecule has 2 aromatic rings. The molecule has 0 saturated heterocycles. The maximum absolute atomic E-state index is 5.41. The minimum atomic E-state index is 0.324. The minimum absolute atomic E-state index is 0.324. The van der Waals surface area contributed by atoms with Crippen LogP contribution in [0.4, 0.5) is 5.88 Å². The molecule has 0 unspecified atom stereocenters. The Bertz CT molecular complexity index is 420. The molecule has 0 amide bonds. The molecule has 0 aliphatic heterocycles. The van der Waals surface area contributed by atoms with Crippen molar-refractivity contribution in [3.8, 4) is 11.3 Å². The third-order valence-corrected chi connectivity index (χ3v) is 1.75. The van der Waals surface area contributed by atoms with Crippen molar-refractivity contribution in [2.24, 2.45) is 0 Å². The zero-order valence-electron chi connectivity index (χ0n) is 7.03. The Morgan fingerprint density at radius 2 is 2.15 bits per heavy atom. The third-order valence-electron chi connectivity index (χ3n) is 1.75. The van der Waals surface area contributed by atoms with Gasteiger partial charge in [0.05, 0.1) is 0 Å². The van der Waals surface area contributed by atoms with Gasteiger partial charge in [-0.25, -0.2) is 0 Å². The van der Waals surface area contributed by atoms with Gasteiger partial charge >= 0.3 is 0 Å². The lowest BCUT2D eigenvalue weighted by molar-refractivity contribution is 0.439. The molecule has 13 heavy (non-hydrogen) atoms. The van der Waals surface area contributed by atoms with Crippen LogP contribution in [-0.4, -0.2) is 5.16 Å². The lowest BCUT2D eigenvalue weighted by Crippen LogP contribution is -1.78. The van der Waals surface area contributed by atoms with Crippen LogP contribution < -0.4 is 5.73 Å². The summed E-state index contributed by atoms with van der Waals surface area (Å²) in [5.41, 5.74) is 8.06. The quantitative estimate of drug-likeness (QED) is 0.718. The van der Waals surface area contributed by atoms with Gasteiger partial charge in [-0.05, 0) is 18.6 Å². The molecule has 0 bridgehead atoms. The summed E-state index contributed by atoms with van der Waals surface area (Å²) in [5.74, 6) is 0.324. The highest BCUT2D eigenvalue weighted by Crippen LogP contribution is 2.20. The Balaban J connectivity index is 2.46. The summed E-state index contributed by atoms with van der Waals surface area (Å²) >= 11 is 0. The topological polar surface area (TPSA) is 52.0 Å². The number of hydrogen-bond donors (Lipinski definition) is 1. The van der Waals surface area contributed by atoms with E-state index in [0.717, 1.165) is 16.8 Å². The van der Waals surface area contributed by atoms with Crippen molar-refractivity contribution < 1.29 is 4.52 Å². The molecule has 1 radical (unpaired) electrons. The summed E-state index contributed by atoms with van der Waals surface area (Å²) in [4.78, 5) is 0. The first-order valence-corrected chi connectivity index (χ1v) is 3.90. The number of nitrogen functional groups attached to an aromatic ring is 1. The van der Waals surface area contributed by atoms with Crippen LogP contribution in [-0.2, 0) is 0 Å². The van der Waals surface area contributed by atoms with E-state index in [1.54, 1.807) is 6.07 Å². The first-order valence-electron chi connectivity index (χ1n) is 3.90. The SMILES string of the molecule is [CH2]c1cccc(-c2cc(N)on2)c1. The summed E-state index contributed by atoms with van der Waals surface area (Å²) < 4.78 is 4.77. The summed E-state index contributed by atoms with van der Waals surface area (Å²) in [6.45, 7) is 3.82. The Kier molecular flexibility index (Phi) is 1.77. The molecule has 65 valence electrons. The largest absolute Gasteiger partial charge is 0.368 e. The zero-order valence-corrected chi connectivity index (χ0v) is 7.03. The average molecular weight is 173 g/mol. The van der Waals surface area contributed by atoms with Crippen molar-refractivity contribution in [2.75, 3.05) is 5.73 Å². The van der Waals surface area contributed by atoms with Gasteiger partial charge in [0, 0.05) is 11.6 Å². The molecule has 2 N–H and O–H groups in total. The van der Waals surface area contributed by atoms with Crippen LogP contribution in [0.5, 0.6) is 0 Å². The number of nitrogens with zero attached hydrogens (tertiary/aromatic N) is 1. The molecule has 1 aromatic carbocycles. The second-order valence-electron chi connectivity index (χ2n) is 2.81. The van der Waals surface area contributed by atoms with Gasteiger partial charge in [-0.2, -0.15) is 0 Å². The van der Waals surface area contributed by atoms with Crippen LogP contribution in [0, 0.1) is 6.92 Å². The molecule has 3 nitrogen and oxygen atoms in total. The monoisotopic (exact) mass is 173 g/mol. The Labute approximate surface area is 76.2 Å². The highest BCUT2D eigenvalue weighted by molar-refractivity contribution is 5.62. The van der Waals surface area contributed by atoms with Crippen LogP contribution in [0.25, 0.3) is 11.3 Å². The second-order valence-corrected chi connectivity index (χ2v) is 2.81. The van der Waals surface area contributed by atoms with E-state index < -0.39 is 0 Å². The average Bonchev–Trinajstić information content (AvgIpc) is 2.52. The number of rotatable bonds is 1. The van der Waals surface area contributed by atoms with Gasteiger partial charge in [0.15, 0.2) is 0 Å². The van der Waals surface area contributed by atoms with Gasteiger partial charge in [0.2, 0.25) is 5.88 Å². The fourth-order valence-corrected chi connectivity index (χ4v) is 1.16. The van der Waals surface area contributed by atoms with E-state index in [-0.39, 0.29) is 0 Å². The van der Waals surface area contributed by atoms with E-state index in [1.165, 1.54) is 0 Å². The van der Waals surface area contributed by atoms with Crippen molar-refractivity contribution >= 4 is 5.88 Å². The molecule has 1 aromatic heterocycles. The molecule has 1 heterocycles. The number of anilines is 1.